The van der Waals surface area contributed by atoms with Crippen LogP contribution in [0.4, 0.5) is 0 Å². The van der Waals surface area contributed by atoms with E-state index in [0.29, 0.717) is 0 Å². The molecular weight excluding hydrogens is 260 g/mol. The summed E-state index contributed by atoms with van der Waals surface area (Å²) in [5, 5.41) is 4.56. The molecule has 2 N–H and O–H groups in total. The first-order valence-electron chi connectivity index (χ1n) is 8.47. The fraction of sp³-hybridized carbons (Fsp3) is 0.824. The first kappa shape index (κ1) is 16.5. The van der Waals surface area contributed by atoms with Crippen molar-refractivity contribution in [1.29, 1.82) is 0 Å². The highest BCUT2D eigenvalue weighted by molar-refractivity contribution is 5.11. The Morgan fingerprint density at radius 3 is 2.52 bits per heavy atom. The van der Waals surface area contributed by atoms with Gasteiger partial charge < -0.3 is 5.73 Å². The van der Waals surface area contributed by atoms with E-state index < -0.39 is 0 Å². The average Bonchev–Trinajstić information content (AvgIpc) is 2.87. The third-order valence-corrected chi connectivity index (χ3v) is 5.59. The van der Waals surface area contributed by atoms with Gasteiger partial charge in [0.15, 0.2) is 0 Å². The predicted octanol–water partition coefficient (Wildman–Crippen LogP) is 2.71. The monoisotopic (exact) mass is 292 g/mol. The summed E-state index contributed by atoms with van der Waals surface area (Å²) in [6, 6.07) is 2.23. The smallest absolute Gasteiger partial charge is 0.0625 e. The summed E-state index contributed by atoms with van der Waals surface area (Å²) < 4.78 is 2.03. The summed E-state index contributed by atoms with van der Waals surface area (Å²) in [6.07, 6.45) is 7.42. The molecule has 21 heavy (non-hydrogen) atoms. The number of nitrogens with two attached hydrogens (primary N) is 1. The molecule has 0 saturated heterocycles. The molecule has 4 nitrogen and oxygen atoms in total. The zero-order valence-electron chi connectivity index (χ0n) is 14.2. The van der Waals surface area contributed by atoms with E-state index in [1.54, 1.807) is 0 Å². The van der Waals surface area contributed by atoms with Crippen LogP contribution < -0.4 is 5.73 Å². The van der Waals surface area contributed by atoms with E-state index >= 15 is 0 Å². The second-order valence-corrected chi connectivity index (χ2v) is 6.74. The van der Waals surface area contributed by atoms with Crippen LogP contribution in [0.5, 0.6) is 0 Å². The van der Waals surface area contributed by atoms with Gasteiger partial charge in [0, 0.05) is 25.7 Å². The van der Waals surface area contributed by atoms with Crippen LogP contribution in [0.1, 0.15) is 57.3 Å². The summed E-state index contributed by atoms with van der Waals surface area (Å²) in [5.41, 5.74) is 8.84. The lowest BCUT2D eigenvalue weighted by atomic mass is 9.74. The van der Waals surface area contributed by atoms with Gasteiger partial charge in [-0.1, -0.05) is 20.3 Å². The van der Waals surface area contributed by atoms with Gasteiger partial charge in [0.25, 0.3) is 0 Å². The number of hydrogen-bond acceptors (Lipinski definition) is 3. The van der Waals surface area contributed by atoms with E-state index in [9.17, 15) is 0 Å². The third kappa shape index (κ3) is 3.49. The highest BCUT2D eigenvalue weighted by atomic mass is 15.3. The molecule has 0 aliphatic heterocycles. The van der Waals surface area contributed by atoms with E-state index in [1.807, 2.05) is 11.7 Å². The lowest BCUT2D eigenvalue weighted by Gasteiger charge is -2.46. The molecule has 1 aliphatic carbocycles. The number of aromatic nitrogens is 2. The first-order valence-corrected chi connectivity index (χ1v) is 8.47. The Hall–Kier alpha value is -0.870. The highest BCUT2D eigenvalue weighted by Gasteiger charge is 2.37. The molecule has 1 aromatic rings. The van der Waals surface area contributed by atoms with Crippen LogP contribution >= 0.6 is 0 Å². The molecule has 0 amide bonds. The van der Waals surface area contributed by atoms with E-state index in [-0.39, 0.29) is 5.54 Å². The minimum Gasteiger partial charge on any atom is -0.329 e. The van der Waals surface area contributed by atoms with Crippen LogP contribution in [-0.4, -0.2) is 33.8 Å². The molecule has 2 rings (SSSR count). The van der Waals surface area contributed by atoms with Crippen molar-refractivity contribution < 1.29 is 0 Å². The van der Waals surface area contributed by atoms with Crippen molar-refractivity contribution in [1.82, 2.24) is 14.7 Å². The molecule has 0 radical (unpaired) electrons. The molecule has 0 spiro atoms. The Kier molecular flexibility index (Phi) is 5.44. The van der Waals surface area contributed by atoms with Crippen molar-refractivity contribution in [3.63, 3.8) is 0 Å². The van der Waals surface area contributed by atoms with Crippen molar-refractivity contribution in [2.45, 2.75) is 64.5 Å². The first-order chi connectivity index (χ1) is 10.0. The molecule has 1 saturated carbocycles. The summed E-state index contributed by atoms with van der Waals surface area (Å²) in [6.45, 7) is 6.17. The van der Waals surface area contributed by atoms with Crippen molar-refractivity contribution >= 4 is 0 Å². The fourth-order valence-electron chi connectivity index (χ4n) is 3.67. The van der Waals surface area contributed by atoms with Crippen molar-refractivity contribution in [3.05, 3.63) is 17.5 Å². The van der Waals surface area contributed by atoms with Crippen LogP contribution in [0.3, 0.4) is 0 Å². The van der Waals surface area contributed by atoms with Gasteiger partial charge in [-0.2, -0.15) is 5.10 Å². The quantitative estimate of drug-likeness (QED) is 0.877. The second kappa shape index (κ2) is 6.93. The third-order valence-electron chi connectivity index (χ3n) is 5.59. The molecule has 4 heteroatoms. The molecule has 0 unspecified atom stereocenters. The van der Waals surface area contributed by atoms with E-state index in [1.165, 1.54) is 43.5 Å². The van der Waals surface area contributed by atoms with Gasteiger partial charge >= 0.3 is 0 Å². The summed E-state index contributed by atoms with van der Waals surface area (Å²) in [7, 11) is 4.28. The van der Waals surface area contributed by atoms with Crippen LogP contribution in [0.25, 0.3) is 0 Å². The van der Waals surface area contributed by atoms with Gasteiger partial charge in [-0.05, 0) is 51.1 Å². The molecule has 120 valence electrons. The van der Waals surface area contributed by atoms with Crippen molar-refractivity contribution in [3.8, 4) is 0 Å². The molecule has 1 aromatic heterocycles. The summed E-state index contributed by atoms with van der Waals surface area (Å²) in [4.78, 5) is 2.48. The van der Waals surface area contributed by atoms with Crippen LogP contribution in [0.15, 0.2) is 6.07 Å². The number of likely N-dealkylation sites (N-methyl/N-ethyl adjacent to an activating group) is 1. The topological polar surface area (TPSA) is 47.1 Å². The van der Waals surface area contributed by atoms with Gasteiger partial charge in [-0.3, -0.25) is 9.58 Å². The second-order valence-electron chi connectivity index (χ2n) is 6.74. The Labute approximate surface area is 129 Å². The SMILES string of the molecule is CCc1cc(CN(C)C2(CN)CCC(CC)CC2)n(C)n1. The minimum atomic E-state index is 0.183. The van der Waals surface area contributed by atoms with E-state index in [0.717, 1.165) is 25.4 Å². The zero-order valence-corrected chi connectivity index (χ0v) is 14.2. The molecular formula is C17H32N4. The molecule has 1 fully saturated rings. The Morgan fingerprint density at radius 2 is 2.05 bits per heavy atom. The number of nitrogens with zero attached hydrogens (tertiary/aromatic N) is 3. The number of aryl methyl sites for hydroxylation is 2. The van der Waals surface area contributed by atoms with Gasteiger partial charge in [0.1, 0.15) is 0 Å². The Morgan fingerprint density at radius 1 is 1.38 bits per heavy atom. The van der Waals surface area contributed by atoms with Gasteiger partial charge in [0.05, 0.1) is 11.4 Å². The van der Waals surface area contributed by atoms with Gasteiger partial charge in [-0.25, -0.2) is 0 Å². The largest absolute Gasteiger partial charge is 0.329 e. The molecule has 1 heterocycles. The van der Waals surface area contributed by atoms with Crippen LogP contribution in [0.2, 0.25) is 0 Å². The van der Waals surface area contributed by atoms with Crippen molar-refractivity contribution in [2.75, 3.05) is 13.6 Å². The van der Waals surface area contributed by atoms with Gasteiger partial charge in [0.2, 0.25) is 0 Å². The Bertz CT molecular complexity index is 444. The predicted molar refractivity (Wildman–Crippen MR) is 88.1 cm³/mol. The lowest BCUT2D eigenvalue weighted by molar-refractivity contribution is 0.0561. The molecule has 0 aromatic carbocycles. The van der Waals surface area contributed by atoms with E-state index in [2.05, 4.69) is 37.0 Å². The maximum absolute atomic E-state index is 6.19. The lowest BCUT2D eigenvalue weighted by Crippen LogP contribution is -2.53. The average molecular weight is 292 g/mol. The standard InChI is InChI=1S/C17H32N4/c1-5-14-7-9-17(13-18,10-8-14)20(3)12-16-11-15(6-2)19-21(16)4/h11,14H,5-10,12-13,18H2,1-4H3. The fourth-order valence-corrected chi connectivity index (χ4v) is 3.67. The number of rotatable bonds is 6. The maximum Gasteiger partial charge on any atom is 0.0625 e. The van der Waals surface area contributed by atoms with Crippen LogP contribution in [0, 0.1) is 5.92 Å². The molecule has 1 aliphatic rings. The zero-order chi connectivity index (χ0) is 15.5. The molecule has 0 bridgehead atoms. The summed E-state index contributed by atoms with van der Waals surface area (Å²) >= 11 is 0. The number of hydrogen-bond donors (Lipinski definition) is 1. The Balaban J connectivity index is 2.06. The van der Waals surface area contributed by atoms with Crippen LogP contribution in [-0.2, 0) is 20.0 Å². The molecule has 0 atom stereocenters. The summed E-state index contributed by atoms with van der Waals surface area (Å²) in [5.74, 6) is 0.904. The van der Waals surface area contributed by atoms with Gasteiger partial charge in [-0.15, -0.1) is 0 Å². The van der Waals surface area contributed by atoms with Crippen molar-refractivity contribution in [2.24, 2.45) is 18.7 Å². The maximum atomic E-state index is 6.19. The highest BCUT2D eigenvalue weighted by Crippen LogP contribution is 2.37. The van der Waals surface area contributed by atoms with E-state index in [4.69, 9.17) is 5.73 Å². The normalized spacial score (nSPS) is 26.5. The minimum absolute atomic E-state index is 0.183.